The summed E-state index contributed by atoms with van der Waals surface area (Å²) in [6.07, 6.45) is 0. The lowest BCUT2D eigenvalue weighted by atomic mass is 9.77. The second kappa shape index (κ2) is 7.05. The summed E-state index contributed by atoms with van der Waals surface area (Å²) in [5.74, 6) is 0.935. The molecule has 2 aromatic rings. The predicted molar refractivity (Wildman–Crippen MR) is 83.6 cm³/mol. The molecule has 4 nitrogen and oxygen atoms in total. The van der Waals surface area contributed by atoms with E-state index in [0.717, 1.165) is 0 Å². The van der Waals surface area contributed by atoms with Crippen LogP contribution >= 0.6 is 23.2 Å². The molecule has 21 heavy (non-hydrogen) atoms. The third-order valence-electron chi connectivity index (χ3n) is 2.92. The number of methoxy groups -OCH3 is 1. The minimum absolute atomic E-state index is 0.0770. The molecule has 0 aliphatic carbocycles. The first-order valence-electron chi connectivity index (χ1n) is 6.12. The number of rotatable bonds is 5. The lowest BCUT2D eigenvalue weighted by Crippen LogP contribution is -2.33. The largest absolute Gasteiger partial charge is 0.497 e. The molecule has 0 atom stereocenters. The van der Waals surface area contributed by atoms with Crippen molar-refractivity contribution >= 4 is 35.8 Å². The second-order valence-corrected chi connectivity index (χ2v) is 5.09. The van der Waals surface area contributed by atoms with E-state index in [9.17, 15) is 10.0 Å². The summed E-state index contributed by atoms with van der Waals surface area (Å²) in [5.41, 5.74) is 0.902. The molecule has 0 radical (unpaired) electrons. The van der Waals surface area contributed by atoms with Crippen LogP contribution in [0.2, 0.25) is 10.0 Å². The lowest BCUT2D eigenvalue weighted by molar-refractivity contribution is 0.305. The van der Waals surface area contributed by atoms with Crippen molar-refractivity contribution in [3.05, 3.63) is 52.0 Å². The van der Waals surface area contributed by atoms with Gasteiger partial charge in [0.2, 0.25) is 0 Å². The Kier molecular flexibility index (Phi) is 5.36. The summed E-state index contributed by atoms with van der Waals surface area (Å²) in [5, 5.41) is 19.5. The van der Waals surface area contributed by atoms with Crippen LogP contribution in [0, 0.1) is 0 Å². The zero-order valence-electron chi connectivity index (χ0n) is 11.2. The van der Waals surface area contributed by atoms with E-state index < -0.39 is 7.12 Å². The smallest absolute Gasteiger partial charge is 0.488 e. The molecule has 0 spiro atoms. The standard InChI is InChI=1S/C14H13BCl2O4/c1-20-10-5-6-11(15(18)19)9(7-10)8-21-14-12(16)3-2-4-13(14)17/h2-7,18-19H,8H2,1H3. The highest BCUT2D eigenvalue weighted by Crippen LogP contribution is 2.33. The van der Waals surface area contributed by atoms with Crippen molar-refractivity contribution in [3.8, 4) is 11.5 Å². The van der Waals surface area contributed by atoms with Crippen molar-refractivity contribution < 1.29 is 19.5 Å². The summed E-state index contributed by atoms with van der Waals surface area (Å²) in [6, 6.07) is 9.91. The van der Waals surface area contributed by atoms with Crippen LogP contribution in [0.5, 0.6) is 11.5 Å². The number of hydrogen-bond donors (Lipinski definition) is 2. The number of hydrogen-bond acceptors (Lipinski definition) is 4. The van der Waals surface area contributed by atoms with Gasteiger partial charge < -0.3 is 19.5 Å². The molecule has 110 valence electrons. The van der Waals surface area contributed by atoms with Crippen LogP contribution < -0.4 is 14.9 Å². The highest BCUT2D eigenvalue weighted by atomic mass is 35.5. The lowest BCUT2D eigenvalue weighted by Gasteiger charge is -2.14. The van der Waals surface area contributed by atoms with E-state index in [1.807, 2.05) is 0 Å². The minimum Gasteiger partial charge on any atom is -0.497 e. The molecule has 0 saturated carbocycles. The zero-order valence-corrected chi connectivity index (χ0v) is 12.7. The van der Waals surface area contributed by atoms with E-state index >= 15 is 0 Å². The van der Waals surface area contributed by atoms with Crippen LogP contribution in [0.1, 0.15) is 5.56 Å². The van der Waals surface area contributed by atoms with Gasteiger partial charge in [0.05, 0.1) is 17.2 Å². The van der Waals surface area contributed by atoms with E-state index in [4.69, 9.17) is 32.7 Å². The number of halogens is 2. The Morgan fingerprint density at radius 2 is 1.76 bits per heavy atom. The molecule has 2 rings (SSSR count). The van der Waals surface area contributed by atoms with Gasteiger partial charge in [-0.3, -0.25) is 0 Å². The highest BCUT2D eigenvalue weighted by Gasteiger charge is 2.17. The van der Waals surface area contributed by atoms with E-state index in [1.54, 1.807) is 36.4 Å². The third kappa shape index (κ3) is 3.83. The van der Waals surface area contributed by atoms with Crippen LogP contribution in [0.3, 0.4) is 0 Å². The van der Waals surface area contributed by atoms with Crippen LogP contribution in [-0.4, -0.2) is 24.3 Å². The molecule has 0 saturated heterocycles. The van der Waals surface area contributed by atoms with E-state index in [1.165, 1.54) is 7.11 Å². The van der Waals surface area contributed by atoms with Crippen LogP contribution in [0.25, 0.3) is 0 Å². The Bertz CT molecular complexity index is 614. The first-order chi connectivity index (χ1) is 10.0. The summed E-state index contributed by atoms with van der Waals surface area (Å²) in [6.45, 7) is 0.0770. The third-order valence-corrected chi connectivity index (χ3v) is 3.51. The molecule has 0 amide bonds. The van der Waals surface area contributed by atoms with Gasteiger partial charge in [0.25, 0.3) is 0 Å². The molecule has 0 aromatic heterocycles. The van der Waals surface area contributed by atoms with Gasteiger partial charge in [-0.05, 0) is 35.3 Å². The Balaban J connectivity index is 2.26. The molecule has 7 heteroatoms. The Labute approximate surface area is 133 Å². The summed E-state index contributed by atoms with van der Waals surface area (Å²) < 4.78 is 10.7. The van der Waals surface area contributed by atoms with Crippen molar-refractivity contribution in [2.45, 2.75) is 6.61 Å². The highest BCUT2D eigenvalue weighted by molar-refractivity contribution is 6.59. The first kappa shape index (κ1) is 16.0. The Hall–Kier alpha value is -1.40. The van der Waals surface area contributed by atoms with Crippen molar-refractivity contribution in [3.63, 3.8) is 0 Å². The van der Waals surface area contributed by atoms with Crippen molar-refractivity contribution in [2.75, 3.05) is 7.11 Å². The van der Waals surface area contributed by atoms with Gasteiger partial charge in [0, 0.05) is 0 Å². The van der Waals surface area contributed by atoms with Crippen LogP contribution in [0.15, 0.2) is 36.4 Å². The van der Waals surface area contributed by atoms with Gasteiger partial charge in [0.1, 0.15) is 12.4 Å². The van der Waals surface area contributed by atoms with Gasteiger partial charge in [-0.15, -0.1) is 0 Å². The predicted octanol–water partition coefficient (Wildman–Crippen LogP) is 2.26. The SMILES string of the molecule is COc1ccc(B(O)O)c(COc2c(Cl)cccc2Cl)c1. The minimum atomic E-state index is -1.60. The first-order valence-corrected chi connectivity index (χ1v) is 6.88. The molecular formula is C14H13BCl2O4. The fourth-order valence-electron chi connectivity index (χ4n) is 1.86. The van der Waals surface area contributed by atoms with E-state index in [-0.39, 0.29) is 6.61 Å². The molecule has 0 bridgehead atoms. The second-order valence-electron chi connectivity index (χ2n) is 4.28. The molecule has 2 N–H and O–H groups in total. The molecule has 0 fully saturated rings. The van der Waals surface area contributed by atoms with Crippen LogP contribution in [0.4, 0.5) is 0 Å². The molecule has 0 aliphatic rings. The van der Waals surface area contributed by atoms with Crippen LogP contribution in [-0.2, 0) is 6.61 Å². The fraction of sp³-hybridized carbons (Fsp3) is 0.143. The zero-order chi connectivity index (χ0) is 15.4. The maximum absolute atomic E-state index is 9.38. The fourth-order valence-corrected chi connectivity index (χ4v) is 2.36. The molecule has 0 heterocycles. The quantitative estimate of drug-likeness (QED) is 0.827. The number of benzene rings is 2. The van der Waals surface area contributed by atoms with Crippen molar-refractivity contribution in [1.82, 2.24) is 0 Å². The van der Waals surface area contributed by atoms with Crippen molar-refractivity contribution in [1.29, 1.82) is 0 Å². The average molecular weight is 327 g/mol. The van der Waals surface area contributed by atoms with Gasteiger partial charge >= 0.3 is 7.12 Å². The van der Waals surface area contributed by atoms with Gasteiger partial charge in [-0.25, -0.2) is 0 Å². The summed E-state index contributed by atoms with van der Waals surface area (Å²) in [7, 11) is -0.0730. The van der Waals surface area contributed by atoms with Gasteiger partial charge in [-0.2, -0.15) is 0 Å². The maximum Gasteiger partial charge on any atom is 0.488 e. The normalized spacial score (nSPS) is 10.3. The van der Waals surface area contributed by atoms with Crippen molar-refractivity contribution in [2.24, 2.45) is 0 Å². The monoisotopic (exact) mass is 326 g/mol. The summed E-state index contributed by atoms with van der Waals surface area (Å²) >= 11 is 12.0. The molecular weight excluding hydrogens is 314 g/mol. The molecule has 2 aromatic carbocycles. The van der Waals surface area contributed by atoms with E-state index in [2.05, 4.69) is 0 Å². The Morgan fingerprint density at radius 3 is 2.33 bits per heavy atom. The van der Waals surface area contributed by atoms with E-state index in [0.29, 0.717) is 32.6 Å². The van der Waals surface area contributed by atoms with Gasteiger partial charge in [0.15, 0.2) is 5.75 Å². The molecule has 0 aliphatic heterocycles. The molecule has 0 unspecified atom stereocenters. The topological polar surface area (TPSA) is 58.9 Å². The summed E-state index contributed by atoms with van der Waals surface area (Å²) in [4.78, 5) is 0. The average Bonchev–Trinajstić information content (AvgIpc) is 2.46. The van der Waals surface area contributed by atoms with Gasteiger partial charge in [-0.1, -0.05) is 35.3 Å². The number of ether oxygens (including phenoxy) is 2. The maximum atomic E-state index is 9.38. The Morgan fingerprint density at radius 1 is 1.10 bits per heavy atom. The number of para-hydroxylation sites is 1.